The van der Waals surface area contributed by atoms with E-state index in [0.717, 1.165) is 19.3 Å². The monoisotopic (exact) mass is 462 g/mol. The molecule has 7 nitrogen and oxygen atoms in total. The average molecular weight is 463 g/mol. The molecule has 4 rings (SSSR count). The highest BCUT2D eigenvalue weighted by Crippen LogP contribution is 2.65. The van der Waals surface area contributed by atoms with Crippen LogP contribution in [0.4, 0.5) is 0 Å². The fraction of sp³-hybridized carbons (Fsp3) is 0.708. The van der Waals surface area contributed by atoms with Crippen molar-refractivity contribution < 1.29 is 24.2 Å². The van der Waals surface area contributed by atoms with Crippen LogP contribution in [-0.4, -0.2) is 81.1 Å². The van der Waals surface area contributed by atoms with Crippen LogP contribution in [-0.2, 0) is 19.1 Å². The molecule has 2 amide bonds. The van der Waals surface area contributed by atoms with E-state index in [1.165, 1.54) is 0 Å². The van der Waals surface area contributed by atoms with Gasteiger partial charge in [-0.3, -0.25) is 14.4 Å². The lowest BCUT2D eigenvalue weighted by Gasteiger charge is -2.37. The van der Waals surface area contributed by atoms with Crippen LogP contribution in [0.25, 0.3) is 0 Å². The maximum atomic E-state index is 13.9. The Morgan fingerprint density at radius 3 is 2.66 bits per heavy atom. The number of ether oxygens (including phenoxy) is 1. The number of fused-ring (bicyclic) bond motifs is 2. The van der Waals surface area contributed by atoms with Gasteiger partial charge >= 0.3 is 5.97 Å². The van der Waals surface area contributed by atoms with Crippen molar-refractivity contribution >= 4 is 29.5 Å². The van der Waals surface area contributed by atoms with E-state index in [-0.39, 0.29) is 24.4 Å². The van der Waals surface area contributed by atoms with Gasteiger partial charge in [0.15, 0.2) is 0 Å². The first-order valence-corrected chi connectivity index (χ1v) is 12.6. The Bertz CT molecular complexity index is 829. The molecule has 0 aromatic heterocycles. The van der Waals surface area contributed by atoms with Gasteiger partial charge in [0.25, 0.3) is 0 Å². The molecule has 1 unspecified atom stereocenters. The highest BCUT2D eigenvalue weighted by Gasteiger charge is 2.73. The molecule has 32 heavy (non-hydrogen) atoms. The number of carbonyl (C=O) groups is 3. The van der Waals surface area contributed by atoms with Crippen LogP contribution in [0.3, 0.4) is 0 Å². The topological polar surface area (TPSA) is 87.2 Å². The van der Waals surface area contributed by atoms with Crippen LogP contribution in [0.1, 0.15) is 46.0 Å². The van der Waals surface area contributed by atoms with Crippen molar-refractivity contribution in [2.24, 2.45) is 11.8 Å². The highest BCUT2D eigenvalue weighted by atomic mass is 32.2. The summed E-state index contributed by atoms with van der Waals surface area (Å²) in [7, 11) is 0. The van der Waals surface area contributed by atoms with Crippen molar-refractivity contribution in [2.45, 2.75) is 61.5 Å². The van der Waals surface area contributed by atoms with E-state index in [4.69, 9.17) is 4.74 Å². The van der Waals surface area contributed by atoms with Crippen molar-refractivity contribution in [1.29, 1.82) is 0 Å². The van der Waals surface area contributed by atoms with Crippen molar-refractivity contribution in [3.63, 3.8) is 0 Å². The number of thioether (sulfide) groups is 1. The molecular formula is C24H34N2O5S. The van der Waals surface area contributed by atoms with E-state index in [0.29, 0.717) is 39.1 Å². The number of likely N-dealkylation sites (tertiary alicyclic amines) is 1. The lowest BCUT2D eigenvalue weighted by molar-refractivity contribution is -0.154. The number of hydrogen-bond donors (Lipinski definition) is 1. The molecule has 4 aliphatic heterocycles. The van der Waals surface area contributed by atoms with Gasteiger partial charge in [0.2, 0.25) is 11.8 Å². The summed E-state index contributed by atoms with van der Waals surface area (Å²) >= 11 is 1.57. The van der Waals surface area contributed by atoms with Gasteiger partial charge in [0.05, 0.1) is 23.2 Å². The minimum atomic E-state index is -0.823. The number of carbonyl (C=O) groups excluding carboxylic acids is 3. The zero-order valence-corrected chi connectivity index (χ0v) is 19.8. The summed E-state index contributed by atoms with van der Waals surface area (Å²) in [4.78, 5) is 44.3. The van der Waals surface area contributed by atoms with Crippen molar-refractivity contribution in [1.82, 2.24) is 9.80 Å². The number of cyclic esters (lactones) is 1. The van der Waals surface area contributed by atoms with Crippen molar-refractivity contribution in [3.05, 3.63) is 24.3 Å². The number of aliphatic hydroxyl groups excluding tert-OH is 1. The largest absolute Gasteiger partial charge is 0.465 e. The van der Waals surface area contributed by atoms with Gasteiger partial charge in [-0.15, -0.1) is 11.8 Å². The van der Waals surface area contributed by atoms with Crippen LogP contribution in [0, 0.1) is 11.8 Å². The number of nitrogens with zero attached hydrogens (tertiary/aromatic N) is 2. The highest BCUT2D eigenvalue weighted by molar-refractivity contribution is 8.02. The molecule has 2 fully saturated rings. The van der Waals surface area contributed by atoms with Gasteiger partial charge in [0, 0.05) is 31.0 Å². The van der Waals surface area contributed by atoms with Crippen LogP contribution in [0.2, 0.25) is 0 Å². The standard InChI is InChI=1S/C24H34N2O5S/c1-3-4-6-12-25-13-8-11-24-17(20(28)26(14-9-15-27)19(24)21(25)29)18-22(30)31-16-7-5-10-23(18,2)32-24/h5,8,10-11,17-19,27H,3-4,6-7,9,12-16H2,1-2H3/t17-,18-,19?,23+,24-/m0/s1. The molecule has 0 aliphatic carbocycles. The van der Waals surface area contributed by atoms with Crippen LogP contribution in [0.15, 0.2) is 24.3 Å². The second kappa shape index (κ2) is 9.21. The minimum absolute atomic E-state index is 0.0531. The van der Waals surface area contributed by atoms with Gasteiger partial charge < -0.3 is 19.6 Å². The molecule has 0 radical (unpaired) electrons. The third-order valence-electron chi connectivity index (χ3n) is 7.19. The third-order valence-corrected chi connectivity index (χ3v) is 8.99. The molecule has 4 aliphatic rings. The fourth-order valence-electron chi connectivity index (χ4n) is 5.77. The van der Waals surface area contributed by atoms with E-state index >= 15 is 0 Å². The number of amides is 2. The summed E-state index contributed by atoms with van der Waals surface area (Å²) in [6.45, 7) is 5.83. The van der Waals surface area contributed by atoms with Crippen molar-refractivity contribution in [3.8, 4) is 0 Å². The Morgan fingerprint density at radius 2 is 1.91 bits per heavy atom. The van der Waals surface area contributed by atoms with Gasteiger partial charge in [0.1, 0.15) is 6.04 Å². The predicted molar refractivity (Wildman–Crippen MR) is 123 cm³/mol. The Labute approximate surface area is 194 Å². The van der Waals surface area contributed by atoms with Gasteiger partial charge in [-0.1, -0.05) is 44.1 Å². The first-order chi connectivity index (χ1) is 15.4. The Morgan fingerprint density at radius 1 is 1.09 bits per heavy atom. The molecule has 2 saturated heterocycles. The van der Waals surface area contributed by atoms with Crippen LogP contribution in [0.5, 0.6) is 0 Å². The van der Waals surface area contributed by atoms with E-state index in [1.807, 2.05) is 36.1 Å². The van der Waals surface area contributed by atoms with E-state index in [1.54, 1.807) is 16.7 Å². The maximum absolute atomic E-state index is 13.9. The fourth-order valence-corrected chi connectivity index (χ4v) is 7.92. The average Bonchev–Trinajstić information content (AvgIpc) is 3.07. The number of rotatable bonds is 7. The molecule has 0 bridgehead atoms. The Kier molecular flexibility index (Phi) is 6.73. The maximum Gasteiger partial charge on any atom is 0.311 e. The summed E-state index contributed by atoms with van der Waals surface area (Å²) in [5.74, 6) is -1.90. The molecule has 0 saturated carbocycles. The summed E-state index contributed by atoms with van der Waals surface area (Å²) in [6, 6.07) is -0.678. The molecular weight excluding hydrogens is 428 g/mol. The van der Waals surface area contributed by atoms with Gasteiger partial charge in [-0.2, -0.15) is 0 Å². The van der Waals surface area contributed by atoms with Crippen LogP contribution < -0.4 is 0 Å². The Hall–Kier alpha value is -1.80. The first kappa shape index (κ1) is 23.4. The number of aliphatic hydroxyl groups is 1. The lowest BCUT2D eigenvalue weighted by atomic mass is 9.74. The first-order valence-electron chi connectivity index (χ1n) is 11.8. The number of unbranched alkanes of at least 4 members (excludes halogenated alkanes) is 2. The molecule has 1 spiro atoms. The minimum Gasteiger partial charge on any atom is -0.465 e. The molecule has 176 valence electrons. The summed E-state index contributed by atoms with van der Waals surface area (Å²) in [5, 5.41) is 9.43. The van der Waals surface area contributed by atoms with E-state index in [2.05, 4.69) is 6.92 Å². The summed E-state index contributed by atoms with van der Waals surface area (Å²) in [5.41, 5.74) is 0. The number of hydrogen-bond acceptors (Lipinski definition) is 6. The molecule has 0 aromatic carbocycles. The molecule has 8 heteroatoms. The summed E-state index contributed by atoms with van der Waals surface area (Å²) in [6.07, 6.45) is 12.2. The predicted octanol–water partition coefficient (Wildman–Crippen LogP) is 2.15. The molecule has 5 atom stereocenters. The lowest BCUT2D eigenvalue weighted by Crippen LogP contribution is -2.53. The van der Waals surface area contributed by atoms with Crippen LogP contribution >= 0.6 is 11.8 Å². The zero-order chi connectivity index (χ0) is 22.9. The molecule has 1 N–H and O–H groups in total. The third kappa shape index (κ3) is 3.69. The van der Waals surface area contributed by atoms with E-state index < -0.39 is 27.4 Å². The van der Waals surface area contributed by atoms with E-state index in [9.17, 15) is 19.5 Å². The molecule has 0 aromatic rings. The van der Waals surface area contributed by atoms with Gasteiger partial charge in [-0.25, -0.2) is 0 Å². The second-order valence-corrected chi connectivity index (χ2v) is 11.1. The van der Waals surface area contributed by atoms with Gasteiger partial charge in [-0.05, 0) is 26.2 Å². The summed E-state index contributed by atoms with van der Waals surface area (Å²) < 4.78 is 4.08. The normalized spacial score (nSPS) is 36.3. The second-order valence-electron chi connectivity index (χ2n) is 9.36. The molecule has 4 heterocycles. The number of esters is 1. The Balaban J connectivity index is 1.78. The zero-order valence-electron chi connectivity index (χ0n) is 19.0. The smallest absolute Gasteiger partial charge is 0.311 e. The SMILES string of the molecule is CCCCCN1CC=C[C@]23S[C@]4(C)C=CCCOC(=O)[C@@H]4[C@H]2C(=O)N(CCCO)C3C1=O. The van der Waals surface area contributed by atoms with Crippen molar-refractivity contribution in [2.75, 3.05) is 32.8 Å². The quantitative estimate of drug-likeness (QED) is 0.354.